The lowest BCUT2D eigenvalue weighted by atomic mass is 9.81. The highest BCUT2D eigenvalue weighted by molar-refractivity contribution is 5.77. The van der Waals surface area contributed by atoms with Gasteiger partial charge in [0.1, 0.15) is 5.82 Å². The Morgan fingerprint density at radius 2 is 1.93 bits per heavy atom. The minimum atomic E-state index is -0.258. The molecule has 2 N–H and O–H groups in total. The van der Waals surface area contributed by atoms with Gasteiger partial charge in [-0.3, -0.25) is 0 Å². The Kier molecular flexibility index (Phi) is 5.46. The van der Waals surface area contributed by atoms with Gasteiger partial charge in [-0.1, -0.05) is 25.1 Å². The second kappa shape index (κ2) is 8.03. The molecule has 1 fully saturated rings. The Hall–Kier alpha value is -2.60. The molecular weight excluding hydrogens is 369 g/mol. The first-order valence-electron chi connectivity index (χ1n) is 10.3. The summed E-state index contributed by atoms with van der Waals surface area (Å²) >= 11 is 0. The zero-order chi connectivity index (χ0) is 20.5. The third-order valence-corrected chi connectivity index (χ3v) is 6.31. The maximum absolute atomic E-state index is 13.3. The van der Waals surface area contributed by atoms with Crippen molar-refractivity contribution < 1.29 is 14.3 Å². The van der Waals surface area contributed by atoms with Gasteiger partial charge in [0.25, 0.3) is 0 Å². The van der Waals surface area contributed by atoms with Crippen LogP contribution in [0.15, 0.2) is 42.5 Å². The van der Waals surface area contributed by atoms with E-state index in [4.69, 9.17) is 0 Å². The molecule has 0 bridgehead atoms. The molecule has 0 spiro atoms. The molecule has 2 aromatic carbocycles. The van der Waals surface area contributed by atoms with Crippen molar-refractivity contribution in [1.82, 2.24) is 10.2 Å². The molecule has 5 nitrogen and oxygen atoms in total. The van der Waals surface area contributed by atoms with E-state index in [1.807, 2.05) is 31.0 Å². The number of fused-ring (bicyclic) bond motifs is 3. The van der Waals surface area contributed by atoms with Gasteiger partial charge < -0.3 is 20.2 Å². The number of rotatable bonds is 4. The molecule has 2 aliphatic rings. The SMILES string of the molecule is CCCNC(=O)N1CC[C@H]2[C@@H]1c1cc(-c3ccc(F)cc3)ccc1N(C)[C@H]2CO. The van der Waals surface area contributed by atoms with E-state index in [1.54, 1.807) is 12.1 Å². The van der Waals surface area contributed by atoms with Crippen LogP contribution in [0.3, 0.4) is 0 Å². The Labute approximate surface area is 171 Å². The topological polar surface area (TPSA) is 55.8 Å². The van der Waals surface area contributed by atoms with Gasteiger partial charge in [0, 0.05) is 31.7 Å². The number of halogens is 1. The van der Waals surface area contributed by atoms with Crippen LogP contribution in [0.5, 0.6) is 0 Å². The monoisotopic (exact) mass is 397 g/mol. The summed E-state index contributed by atoms with van der Waals surface area (Å²) in [5, 5.41) is 13.1. The van der Waals surface area contributed by atoms with Crippen LogP contribution in [-0.4, -0.2) is 48.8 Å². The Balaban J connectivity index is 1.76. The quantitative estimate of drug-likeness (QED) is 0.825. The highest BCUT2D eigenvalue weighted by atomic mass is 19.1. The number of aliphatic hydroxyl groups excluding tert-OH is 1. The van der Waals surface area contributed by atoms with Gasteiger partial charge in [0.05, 0.1) is 18.7 Å². The molecule has 154 valence electrons. The van der Waals surface area contributed by atoms with E-state index in [1.165, 1.54) is 12.1 Å². The molecule has 29 heavy (non-hydrogen) atoms. The highest BCUT2D eigenvalue weighted by Gasteiger charge is 2.47. The normalized spacial score (nSPS) is 23.0. The van der Waals surface area contributed by atoms with Gasteiger partial charge in [-0.15, -0.1) is 0 Å². The number of carbonyl (C=O) groups excluding carboxylic acids is 1. The number of likely N-dealkylation sites (tertiary alicyclic amines) is 1. The largest absolute Gasteiger partial charge is 0.394 e. The number of hydrogen-bond donors (Lipinski definition) is 2. The summed E-state index contributed by atoms with van der Waals surface area (Å²) in [6, 6.07) is 12.5. The van der Waals surface area contributed by atoms with E-state index < -0.39 is 0 Å². The average Bonchev–Trinajstić information content (AvgIpc) is 3.18. The molecule has 2 amide bonds. The van der Waals surface area contributed by atoms with Crippen molar-refractivity contribution in [3.8, 4) is 11.1 Å². The van der Waals surface area contributed by atoms with E-state index in [0.717, 1.165) is 35.2 Å². The van der Waals surface area contributed by atoms with Crippen molar-refractivity contribution in [3.63, 3.8) is 0 Å². The number of carbonyl (C=O) groups is 1. The maximum atomic E-state index is 13.3. The number of nitrogens with zero attached hydrogens (tertiary/aromatic N) is 2. The summed E-state index contributed by atoms with van der Waals surface area (Å²) in [6.07, 6.45) is 1.75. The van der Waals surface area contributed by atoms with E-state index in [-0.39, 0.29) is 36.5 Å². The van der Waals surface area contributed by atoms with Gasteiger partial charge in [0.15, 0.2) is 0 Å². The summed E-state index contributed by atoms with van der Waals surface area (Å²) in [6.45, 7) is 3.42. The number of likely N-dealkylation sites (N-methyl/N-ethyl adjacent to an activating group) is 1. The van der Waals surface area contributed by atoms with E-state index in [2.05, 4.69) is 16.3 Å². The Morgan fingerprint density at radius 1 is 1.21 bits per heavy atom. The summed E-state index contributed by atoms with van der Waals surface area (Å²) in [5.74, 6) is -0.0831. The second-order valence-corrected chi connectivity index (χ2v) is 7.96. The van der Waals surface area contributed by atoms with Gasteiger partial charge >= 0.3 is 6.03 Å². The maximum Gasteiger partial charge on any atom is 0.317 e. The Bertz CT molecular complexity index is 886. The van der Waals surface area contributed by atoms with Gasteiger partial charge in [-0.25, -0.2) is 9.18 Å². The van der Waals surface area contributed by atoms with Gasteiger partial charge in [-0.2, -0.15) is 0 Å². The molecule has 2 aliphatic heterocycles. The first-order valence-corrected chi connectivity index (χ1v) is 10.3. The number of urea groups is 1. The van der Waals surface area contributed by atoms with Crippen molar-refractivity contribution in [2.24, 2.45) is 5.92 Å². The number of hydrogen-bond acceptors (Lipinski definition) is 3. The van der Waals surface area contributed by atoms with E-state index in [0.29, 0.717) is 13.1 Å². The number of anilines is 1. The fourth-order valence-corrected chi connectivity index (χ4v) is 4.84. The molecule has 0 radical (unpaired) electrons. The summed E-state index contributed by atoms with van der Waals surface area (Å²) in [4.78, 5) is 16.9. The van der Waals surface area contributed by atoms with Crippen LogP contribution in [0, 0.1) is 11.7 Å². The fraction of sp³-hybridized carbons (Fsp3) is 0.435. The predicted octanol–water partition coefficient (Wildman–Crippen LogP) is 3.79. The lowest BCUT2D eigenvalue weighted by Crippen LogP contribution is -2.49. The minimum absolute atomic E-state index is 0.0202. The molecule has 0 aromatic heterocycles. The van der Waals surface area contributed by atoms with Crippen LogP contribution >= 0.6 is 0 Å². The van der Waals surface area contributed by atoms with Gasteiger partial charge in [0.2, 0.25) is 0 Å². The summed E-state index contributed by atoms with van der Waals surface area (Å²) in [7, 11) is 2.01. The third-order valence-electron chi connectivity index (χ3n) is 6.31. The second-order valence-electron chi connectivity index (χ2n) is 7.96. The number of nitrogens with one attached hydrogen (secondary N) is 1. The number of amides is 2. The third kappa shape index (κ3) is 3.46. The lowest BCUT2D eigenvalue weighted by molar-refractivity contribution is 0.161. The standard InChI is InChI=1S/C23H28FN3O2/c1-3-11-25-23(29)27-12-10-18-21(14-28)26(2)20-9-6-16(13-19(20)22(18)27)15-4-7-17(24)8-5-15/h4-9,13,18,21-22,28H,3,10-12,14H2,1-2H3,(H,25,29)/t18-,21+,22-/m1/s1. The molecule has 1 saturated heterocycles. The van der Waals surface area contributed by atoms with Crippen LogP contribution in [0.25, 0.3) is 11.1 Å². The van der Waals surface area contributed by atoms with Crippen LogP contribution in [0.2, 0.25) is 0 Å². The predicted molar refractivity (Wildman–Crippen MR) is 112 cm³/mol. The van der Waals surface area contributed by atoms with Gasteiger partial charge in [-0.05, 0) is 53.8 Å². The van der Waals surface area contributed by atoms with Crippen molar-refractivity contribution in [3.05, 3.63) is 53.8 Å². The molecular formula is C23H28FN3O2. The highest BCUT2D eigenvalue weighted by Crippen LogP contribution is 2.49. The summed E-state index contributed by atoms with van der Waals surface area (Å²) < 4.78 is 13.3. The molecule has 6 heteroatoms. The van der Waals surface area contributed by atoms with Crippen molar-refractivity contribution >= 4 is 11.7 Å². The molecule has 4 rings (SSSR count). The van der Waals surface area contributed by atoms with Crippen molar-refractivity contribution in [1.29, 1.82) is 0 Å². The van der Waals surface area contributed by atoms with Crippen LogP contribution in [0.1, 0.15) is 31.4 Å². The molecule has 0 aliphatic carbocycles. The smallest absolute Gasteiger partial charge is 0.317 e. The summed E-state index contributed by atoms with van der Waals surface area (Å²) in [5.41, 5.74) is 4.07. The average molecular weight is 397 g/mol. The zero-order valence-electron chi connectivity index (χ0n) is 16.9. The minimum Gasteiger partial charge on any atom is -0.394 e. The first-order chi connectivity index (χ1) is 14.0. The van der Waals surface area contributed by atoms with Crippen LogP contribution < -0.4 is 10.2 Å². The molecule has 2 heterocycles. The molecule has 3 atom stereocenters. The van der Waals surface area contributed by atoms with Crippen LogP contribution in [-0.2, 0) is 0 Å². The van der Waals surface area contributed by atoms with E-state index >= 15 is 0 Å². The first kappa shape index (κ1) is 19.7. The fourth-order valence-electron chi connectivity index (χ4n) is 4.84. The lowest BCUT2D eigenvalue weighted by Gasteiger charge is -2.44. The van der Waals surface area contributed by atoms with Crippen molar-refractivity contribution in [2.45, 2.75) is 31.8 Å². The molecule has 2 aromatic rings. The number of benzene rings is 2. The van der Waals surface area contributed by atoms with E-state index in [9.17, 15) is 14.3 Å². The molecule has 0 saturated carbocycles. The number of aliphatic hydroxyl groups is 1. The van der Waals surface area contributed by atoms with Crippen LogP contribution in [0.4, 0.5) is 14.9 Å². The molecule has 0 unspecified atom stereocenters. The Morgan fingerprint density at radius 3 is 2.62 bits per heavy atom. The van der Waals surface area contributed by atoms with Crippen molar-refractivity contribution in [2.75, 3.05) is 31.6 Å². The zero-order valence-corrected chi connectivity index (χ0v) is 16.9.